The van der Waals surface area contributed by atoms with Crippen molar-refractivity contribution in [2.75, 3.05) is 19.5 Å². The maximum Gasteiger partial charge on any atom is 0.255 e. The molecule has 0 aromatic carbocycles. The van der Waals surface area contributed by atoms with Gasteiger partial charge < -0.3 is 15.5 Å². The molecule has 5 heteroatoms. The number of hydrogen-bond donors (Lipinski definition) is 2. The third-order valence-corrected chi connectivity index (χ3v) is 1.78. The number of H-pyrrole nitrogens is 1. The molecule has 0 aliphatic carbocycles. The molecule has 0 radical (unpaired) electrons. The second kappa shape index (κ2) is 4.04. The molecule has 0 unspecified atom stereocenters. The Morgan fingerprint density at radius 1 is 1.62 bits per heavy atom. The quantitative estimate of drug-likeness (QED) is 0.682. The first-order valence-electron chi connectivity index (χ1n) is 3.99. The molecule has 0 aliphatic rings. The normalized spacial score (nSPS) is 10.3. The van der Waals surface area contributed by atoms with Crippen molar-refractivity contribution < 1.29 is 4.74 Å². The minimum atomic E-state index is -0.182. The zero-order valence-electron chi connectivity index (χ0n) is 7.76. The molecule has 0 saturated carbocycles. The SMILES string of the molecule is COCCc1nc(N)c(C)c(=O)[nH]1. The van der Waals surface area contributed by atoms with Gasteiger partial charge in [0.15, 0.2) is 0 Å². The molecule has 0 saturated heterocycles. The van der Waals surface area contributed by atoms with Gasteiger partial charge in [0, 0.05) is 13.5 Å². The van der Waals surface area contributed by atoms with Crippen molar-refractivity contribution in [3.8, 4) is 0 Å². The van der Waals surface area contributed by atoms with E-state index in [1.54, 1.807) is 14.0 Å². The molecule has 0 bridgehead atoms. The fraction of sp³-hybridized carbons (Fsp3) is 0.500. The highest BCUT2D eigenvalue weighted by Gasteiger charge is 2.03. The number of aromatic amines is 1. The van der Waals surface area contributed by atoms with Gasteiger partial charge in [-0.3, -0.25) is 4.79 Å². The van der Waals surface area contributed by atoms with Crippen molar-refractivity contribution >= 4 is 5.82 Å². The van der Waals surface area contributed by atoms with Gasteiger partial charge in [0.25, 0.3) is 5.56 Å². The molecule has 0 spiro atoms. The Kier molecular flexibility index (Phi) is 3.02. The van der Waals surface area contributed by atoms with Crippen molar-refractivity contribution in [1.82, 2.24) is 9.97 Å². The van der Waals surface area contributed by atoms with Crippen LogP contribution in [0.1, 0.15) is 11.4 Å². The zero-order chi connectivity index (χ0) is 9.84. The van der Waals surface area contributed by atoms with E-state index in [4.69, 9.17) is 10.5 Å². The van der Waals surface area contributed by atoms with Gasteiger partial charge in [-0.25, -0.2) is 4.98 Å². The number of nitrogens with two attached hydrogens (primary N) is 1. The van der Waals surface area contributed by atoms with E-state index in [0.717, 1.165) is 0 Å². The third-order valence-electron chi connectivity index (χ3n) is 1.78. The summed E-state index contributed by atoms with van der Waals surface area (Å²) in [5, 5.41) is 0. The Hall–Kier alpha value is -1.36. The summed E-state index contributed by atoms with van der Waals surface area (Å²) in [6, 6.07) is 0. The summed E-state index contributed by atoms with van der Waals surface area (Å²) in [4.78, 5) is 17.8. The highest BCUT2D eigenvalue weighted by molar-refractivity contribution is 5.36. The summed E-state index contributed by atoms with van der Waals surface area (Å²) in [5.41, 5.74) is 5.80. The first kappa shape index (κ1) is 9.73. The monoisotopic (exact) mass is 183 g/mol. The number of nitrogen functional groups attached to an aromatic ring is 1. The largest absolute Gasteiger partial charge is 0.384 e. The Morgan fingerprint density at radius 2 is 2.31 bits per heavy atom. The van der Waals surface area contributed by atoms with Crippen LogP contribution in [-0.2, 0) is 11.2 Å². The predicted octanol–water partition coefficient (Wildman–Crippen LogP) is -0.151. The zero-order valence-corrected chi connectivity index (χ0v) is 7.76. The molecule has 3 N–H and O–H groups in total. The maximum atomic E-state index is 11.2. The molecular weight excluding hydrogens is 170 g/mol. The van der Waals surface area contributed by atoms with Crippen LogP contribution in [0, 0.1) is 6.92 Å². The summed E-state index contributed by atoms with van der Waals surface area (Å²) >= 11 is 0. The van der Waals surface area contributed by atoms with Crippen LogP contribution in [0.4, 0.5) is 5.82 Å². The van der Waals surface area contributed by atoms with Gasteiger partial charge in [0.05, 0.1) is 12.2 Å². The third kappa shape index (κ3) is 2.29. The predicted molar refractivity (Wildman–Crippen MR) is 49.6 cm³/mol. The van der Waals surface area contributed by atoms with Crippen molar-refractivity contribution in [1.29, 1.82) is 0 Å². The summed E-state index contributed by atoms with van der Waals surface area (Å²) in [6.07, 6.45) is 0.566. The molecule has 0 amide bonds. The molecule has 0 fully saturated rings. The number of anilines is 1. The van der Waals surface area contributed by atoms with Crippen LogP contribution in [-0.4, -0.2) is 23.7 Å². The van der Waals surface area contributed by atoms with Crippen molar-refractivity contribution in [2.24, 2.45) is 0 Å². The van der Waals surface area contributed by atoms with Gasteiger partial charge in [-0.15, -0.1) is 0 Å². The van der Waals surface area contributed by atoms with Gasteiger partial charge in [0.2, 0.25) is 0 Å². The molecule has 1 aromatic rings. The molecule has 1 aromatic heterocycles. The van der Waals surface area contributed by atoms with E-state index in [9.17, 15) is 4.79 Å². The fourth-order valence-corrected chi connectivity index (χ4v) is 0.915. The van der Waals surface area contributed by atoms with E-state index in [0.29, 0.717) is 24.4 Å². The van der Waals surface area contributed by atoms with Gasteiger partial charge >= 0.3 is 0 Å². The van der Waals surface area contributed by atoms with Crippen LogP contribution in [0.3, 0.4) is 0 Å². The van der Waals surface area contributed by atoms with Crippen molar-refractivity contribution in [3.05, 3.63) is 21.7 Å². The lowest BCUT2D eigenvalue weighted by Crippen LogP contribution is -2.18. The van der Waals surface area contributed by atoms with Gasteiger partial charge in [-0.2, -0.15) is 0 Å². The summed E-state index contributed by atoms with van der Waals surface area (Å²) in [6.45, 7) is 2.16. The standard InChI is InChI=1S/C8H13N3O2/c1-5-7(9)10-6(3-4-13-2)11-8(5)12/h3-4H2,1-2H3,(H3,9,10,11,12). The van der Waals surface area contributed by atoms with Gasteiger partial charge in [0.1, 0.15) is 11.6 Å². The first-order valence-corrected chi connectivity index (χ1v) is 3.99. The van der Waals surface area contributed by atoms with Gasteiger partial charge in [-0.1, -0.05) is 0 Å². The Labute approximate surface area is 75.9 Å². The molecule has 1 heterocycles. The van der Waals surface area contributed by atoms with Crippen LogP contribution in [0.5, 0.6) is 0 Å². The number of nitrogens with one attached hydrogen (secondary N) is 1. The number of rotatable bonds is 3. The van der Waals surface area contributed by atoms with Crippen LogP contribution >= 0.6 is 0 Å². The minimum absolute atomic E-state index is 0.182. The van der Waals surface area contributed by atoms with E-state index in [1.165, 1.54) is 0 Å². The highest BCUT2D eigenvalue weighted by atomic mass is 16.5. The van der Waals surface area contributed by atoms with Gasteiger partial charge in [-0.05, 0) is 6.92 Å². The molecule has 72 valence electrons. The van der Waals surface area contributed by atoms with Crippen LogP contribution < -0.4 is 11.3 Å². The summed E-state index contributed by atoms with van der Waals surface area (Å²) in [7, 11) is 1.59. The molecule has 13 heavy (non-hydrogen) atoms. The lowest BCUT2D eigenvalue weighted by Gasteiger charge is -2.02. The Balaban J connectivity index is 2.93. The minimum Gasteiger partial charge on any atom is -0.384 e. The smallest absolute Gasteiger partial charge is 0.255 e. The van der Waals surface area contributed by atoms with Crippen molar-refractivity contribution in [2.45, 2.75) is 13.3 Å². The van der Waals surface area contributed by atoms with Crippen LogP contribution in [0.25, 0.3) is 0 Å². The van der Waals surface area contributed by atoms with Crippen LogP contribution in [0.15, 0.2) is 4.79 Å². The number of hydrogen-bond acceptors (Lipinski definition) is 4. The van der Waals surface area contributed by atoms with Crippen molar-refractivity contribution in [3.63, 3.8) is 0 Å². The lowest BCUT2D eigenvalue weighted by molar-refractivity contribution is 0.200. The number of aromatic nitrogens is 2. The van der Waals surface area contributed by atoms with Crippen LogP contribution in [0.2, 0.25) is 0 Å². The topological polar surface area (TPSA) is 81.0 Å². The average Bonchev–Trinajstić information content (AvgIpc) is 2.10. The average molecular weight is 183 g/mol. The molecule has 0 atom stereocenters. The molecule has 1 rings (SSSR count). The number of nitrogens with zero attached hydrogens (tertiary/aromatic N) is 1. The second-order valence-corrected chi connectivity index (χ2v) is 2.77. The molecule has 0 aliphatic heterocycles. The summed E-state index contributed by atoms with van der Waals surface area (Å²) in [5.74, 6) is 0.852. The lowest BCUT2D eigenvalue weighted by atomic mass is 10.3. The fourth-order valence-electron chi connectivity index (χ4n) is 0.915. The Morgan fingerprint density at radius 3 is 2.85 bits per heavy atom. The summed E-state index contributed by atoms with van der Waals surface area (Å²) < 4.78 is 4.85. The second-order valence-electron chi connectivity index (χ2n) is 2.77. The first-order chi connectivity index (χ1) is 6.15. The van der Waals surface area contributed by atoms with E-state index >= 15 is 0 Å². The van der Waals surface area contributed by atoms with E-state index in [-0.39, 0.29) is 11.4 Å². The van der Waals surface area contributed by atoms with E-state index < -0.39 is 0 Å². The number of ether oxygens (including phenoxy) is 1. The molecular formula is C8H13N3O2. The highest BCUT2D eigenvalue weighted by Crippen LogP contribution is 2.00. The number of methoxy groups -OCH3 is 1. The maximum absolute atomic E-state index is 11.2. The van der Waals surface area contributed by atoms with E-state index in [1.807, 2.05) is 0 Å². The Bertz CT molecular complexity index is 346. The van der Waals surface area contributed by atoms with E-state index in [2.05, 4.69) is 9.97 Å². The molecule has 5 nitrogen and oxygen atoms in total.